The van der Waals surface area contributed by atoms with Crippen LogP contribution in [0.2, 0.25) is 0 Å². The Labute approximate surface area is 191 Å². The van der Waals surface area contributed by atoms with E-state index in [4.69, 9.17) is 4.74 Å². The molecule has 2 N–H and O–H groups in total. The molecule has 0 aliphatic heterocycles. The van der Waals surface area contributed by atoms with E-state index in [1.807, 2.05) is 30.1 Å². The Balaban J connectivity index is 0.00000300. The van der Waals surface area contributed by atoms with Gasteiger partial charge in [0.2, 0.25) is 0 Å². The van der Waals surface area contributed by atoms with Crippen LogP contribution in [0.1, 0.15) is 44.6 Å². The minimum atomic E-state index is 0. The van der Waals surface area contributed by atoms with Crippen molar-refractivity contribution in [1.82, 2.24) is 20.4 Å². The predicted octanol–water partition coefficient (Wildman–Crippen LogP) is 4.14. The molecule has 6 nitrogen and oxygen atoms in total. The highest BCUT2D eigenvalue weighted by Crippen LogP contribution is 2.40. The normalized spacial score (nSPS) is 15.7. The van der Waals surface area contributed by atoms with Crippen LogP contribution in [0.3, 0.4) is 0 Å². The molecule has 7 heteroatoms. The monoisotopic (exact) mass is 511 g/mol. The molecule has 0 bridgehead atoms. The quantitative estimate of drug-likeness (QED) is 0.230. The maximum atomic E-state index is 5.63. The van der Waals surface area contributed by atoms with Crippen molar-refractivity contribution in [3.63, 3.8) is 0 Å². The summed E-state index contributed by atoms with van der Waals surface area (Å²) in [6.07, 6.45) is 10.1. The Morgan fingerprint density at radius 2 is 2.00 bits per heavy atom. The lowest BCUT2D eigenvalue weighted by Crippen LogP contribution is -2.43. The van der Waals surface area contributed by atoms with Gasteiger partial charge in [-0.3, -0.25) is 4.99 Å². The smallest absolute Gasteiger partial charge is 0.191 e. The maximum absolute atomic E-state index is 5.63. The number of rotatable bonds is 9. The van der Waals surface area contributed by atoms with Gasteiger partial charge in [0.15, 0.2) is 5.96 Å². The van der Waals surface area contributed by atoms with Crippen molar-refractivity contribution >= 4 is 29.9 Å². The van der Waals surface area contributed by atoms with Gasteiger partial charge < -0.3 is 15.4 Å². The number of halogens is 1. The molecule has 2 aromatic rings. The first-order valence-corrected chi connectivity index (χ1v) is 10.4. The van der Waals surface area contributed by atoms with Gasteiger partial charge in [-0.05, 0) is 49.3 Å². The second kappa shape index (κ2) is 12.2. The van der Waals surface area contributed by atoms with E-state index in [-0.39, 0.29) is 24.0 Å². The number of hydrogen-bond acceptors (Lipinski definition) is 3. The van der Waals surface area contributed by atoms with Gasteiger partial charge in [0.05, 0.1) is 5.69 Å². The predicted molar refractivity (Wildman–Crippen MR) is 129 cm³/mol. The SMILES string of the molecule is CCOCCC1(CNC(=NC)NCc2ccccc2-n2cccn2)CCCC1.I. The van der Waals surface area contributed by atoms with E-state index >= 15 is 0 Å². The van der Waals surface area contributed by atoms with Crippen molar-refractivity contribution in [2.45, 2.75) is 45.6 Å². The van der Waals surface area contributed by atoms with E-state index < -0.39 is 0 Å². The molecule has 29 heavy (non-hydrogen) atoms. The summed E-state index contributed by atoms with van der Waals surface area (Å²) in [6.45, 7) is 5.35. The van der Waals surface area contributed by atoms with Crippen molar-refractivity contribution in [2.24, 2.45) is 10.4 Å². The molecule has 1 fully saturated rings. The molecule has 1 aromatic carbocycles. The number of ether oxygens (including phenoxy) is 1. The van der Waals surface area contributed by atoms with Crippen LogP contribution in [0.25, 0.3) is 5.69 Å². The van der Waals surface area contributed by atoms with Crippen molar-refractivity contribution in [3.05, 3.63) is 48.3 Å². The number of nitrogens with one attached hydrogen (secondary N) is 2. The number of aromatic nitrogens is 2. The molecule has 1 saturated carbocycles. The van der Waals surface area contributed by atoms with Gasteiger partial charge in [0, 0.05) is 45.7 Å². The summed E-state index contributed by atoms with van der Waals surface area (Å²) < 4.78 is 7.52. The van der Waals surface area contributed by atoms with Gasteiger partial charge in [0.25, 0.3) is 0 Å². The highest BCUT2D eigenvalue weighted by molar-refractivity contribution is 14.0. The Bertz CT molecular complexity index is 741. The largest absolute Gasteiger partial charge is 0.382 e. The number of para-hydroxylation sites is 1. The van der Waals surface area contributed by atoms with E-state index in [0.717, 1.165) is 37.8 Å². The average Bonchev–Trinajstić information content (AvgIpc) is 3.41. The zero-order valence-corrected chi connectivity index (χ0v) is 19.9. The summed E-state index contributed by atoms with van der Waals surface area (Å²) in [6, 6.07) is 10.2. The number of benzene rings is 1. The number of hydrogen-bond donors (Lipinski definition) is 2. The van der Waals surface area contributed by atoms with Crippen LogP contribution in [-0.2, 0) is 11.3 Å². The second-order valence-corrected chi connectivity index (χ2v) is 7.51. The molecular formula is C22H34IN5O. The summed E-state index contributed by atoms with van der Waals surface area (Å²) in [5.74, 6) is 0.845. The van der Waals surface area contributed by atoms with Crippen LogP contribution in [0.4, 0.5) is 0 Å². The lowest BCUT2D eigenvalue weighted by atomic mass is 9.83. The van der Waals surface area contributed by atoms with Gasteiger partial charge in [-0.1, -0.05) is 31.0 Å². The summed E-state index contributed by atoms with van der Waals surface area (Å²) in [4.78, 5) is 4.42. The Hall–Kier alpha value is -1.61. The van der Waals surface area contributed by atoms with Crippen molar-refractivity contribution in [3.8, 4) is 5.69 Å². The molecule has 1 aliphatic carbocycles. The molecule has 1 aliphatic rings. The standard InChI is InChI=1S/C22H33N5O.HI/c1-3-28-16-13-22(11-6-7-12-22)18-25-21(23-2)24-17-19-9-4-5-10-20(19)27-15-8-14-26-27;/h4-5,8-10,14-15H,3,6-7,11-13,16-18H2,1-2H3,(H2,23,24,25);1H. The van der Waals surface area contributed by atoms with Gasteiger partial charge in [-0.25, -0.2) is 4.68 Å². The topological polar surface area (TPSA) is 63.5 Å². The molecule has 0 radical (unpaired) electrons. The Kier molecular flexibility index (Phi) is 9.93. The molecule has 3 rings (SSSR count). The van der Waals surface area contributed by atoms with E-state index in [1.54, 1.807) is 6.20 Å². The average molecular weight is 511 g/mol. The van der Waals surface area contributed by atoms with Gasteiger partial charge in [-0.2, -0.15) is 5.10 Å². The molecule has 0 amide bonds. The number of guanidine groups is 1. The van der Waals surface area contributed by atoms with E-state index in [9.17, 15) is 0 Å². The van der Waals surface area contributed by atoms with Crippen LogP contribution in [0.15, 0.2) is 47.7 Å². The van der Waals surface area contributed by atoms with Gasteiger partial charge in [-0.15, -0.1) is 24.0 Å². The van der Waals surface area contributed by atoms with Crippen LogP contribution >= 0.6 is 24.0 Å². The number of nitrogens with zero attached hydrogens (tertiary/aromatic N) is 3. The minimum absolute atomic E-state index is 0. The van der Waals surface area contributed by atoms with Crippen molar-refractivity contribution in [1.29, 1.82) is 0 Å². The fourth-order valence-electron chi connectivity index (χ4n) is 4.04. The molecule has 1 heterocycles. The number of aliphatic imine (C=N–C) groups is 1. The van der Waals surface area contributed by atoms with Crippen molar-refractivity contribution < 1.29 is 4.74 Å². The van der Waals surface area contributed by atoms with Crippen LogP contribution in [0, 0.1) is 5.41 Å². The van der Waals surface area contributed by atoms with Gasteiger partial charge in [0.1, 0.15) is 0 Å². The Morgan fingerprint density at radius 3 is 2.69 bits per heavy atom. The molecule has 0 saturated heterocycles. The summed E-state index contributed by atoms with van der Waals surface area (Å²) >= 11 is 0. The lowest BCUT2D eigenvalue weighted by molar-refractivity contribution is 0.105. The summed E-state index contributed by atoms with van der Waals surface area (Å²) in [5, 5.41) is 11.4. The van der Waals surface area contributed by atoms with Crippen LogP contribution < -0.4 is 10.6 Å². The molecule has 0 unspecified atom stereocenters. The van der Waals surface area contributed by atoms with Gasteiger partial charge >= 0.3 is 0 Å². The first kappa shape index (κ1) is 23.7. The molecule has 0 atom stereocenters. The first-order valence-electron chi connectivity index (χ1n) is 10.4. The van der Waals surface area contributed by atoms with E-state index in [1.165, 1.54) is 31.2 Å². The highest BCUT2D eigenvalue weighted by Gasteiger charge is 2.33. The van der Waals surface area contributed by atoms with E-state index in [2.05, 4.69) is 45.8 Å². The lowest BCUT2D eigenvalue weighted by Gasteiger charge is -2.30. The third-order valence-corrected chi connectivity index (χ3v) is 5.69. The molecule has 160 valence electrons. The fourth-order valence-corrected chi connectivity index (χ4v) is 4.04. The zero-order chi connectivity index (χ0) is 19.7. The first-order chi connectivity index (χ1) is 13.8. The molecular weight excluding hydrogens is 477 g/mol. The Morgan fingerprint density at radius 1 is 1.21 bits per heavy atom. The third kappa shape index (κ3) is 6.70. The maximum Gasteiger partial charge on any atom is 0.191 e. The second-order valence-electron chi connectivity index (χ2n) is 7.51. The van der Waals surface area contributed by atoms with Crippen LogP contribution in [0.5, 0.6) is 0 Å². The third-order valence-electron chi connectivity index (χ3n) is 5.69. The minimum Gasteiger partial charge on any atom is -0.382 e. The summed E-state index contributed by atoms with van der Waals surface area (Å²) in [5.41, 5.74) is 2.60. The van der Waals surface area contributed by atoms with Crippen LogP contribution in [-0.4, -0.2) is 42.5 Å². The fraction of sp³-hybridized carbons (Fsp3) is 0.545. The molecule has 1 aromatic heterocycles. The highest BCUT2D eigenvalue weighted by atomic mass is 127. The zero-order valence-electron chi connectivity index (χ0n) is 17.6. The molecule has 0 spiro atoms. The van der Waals surface area contributed by atoms with Crippen molar-refractivity contribution in [2.75, 3.05) is 26.8 Å². The summed E-state index contributed by atoms with van der Waals surface area (Å²) in [7, 11) is 1.83. The van der Waals surface area contributed by atoms with E-state index in [0.29, 0.717) is 12.0 Å².